The van der Waals surface area contributed by atoms with Crippen LogP contribution in [0.5, 0.6) is 0 Å². The van der Waals surface area contributed by atoms with Gasteiger partial charge in [-0.3, -0.25) is 4.90 Å². The van der Waals surface area contributed by atoms with Gasteiger partial charge in [0.1, 0.15) is 0 Å². The molecule has 16 heavy (non-hydrogen) atoms. The second kappa shape index (κ2) is 5.65. The summed E-state index contributed by atoms with van der Waals surface area (Å²) < 4.78 is 0. The van der Waals surface area contributed by atoms with E-state index in [0.29, 0.717) is 12.1 Å². The third kappa shape index (κ3) is 2.39. The molecular weight excluding hydrogens is 200 g/mol. The molecule has 0 amide bonds. The second-order valence-corrected chi connectivity index (χ2v) is 5.16. The predicted octanol–water partition coefficient (Wildman–Crippen LogP) is 1.92. The number of aliphatic hydroxyl groups is 1. The number of hydrogen-bond acceptors (Lipinski definition) is 3. The van der Waals surface area contributed by atoms with Crippen LogP contribution >= 0.6 is 0 Å². The summed E-state index contributed by atoms with van der Waals surface area (Å²) >= 11 is 0. The number of nitriles is 1. The van der Waals surface area contributed by atoms with Crippen LogP contribution in [0.1, 0.15) is 44.9 Å². The smallest absolute Gasteiger partial charge is 0.0672 e. The molecule has 3 heteroatoms. The van der Waals surface area contributed by atoms with Crippen LogP contribution < -0.4 is 0 Å². The van der Waals surface area contributed by atoms with Gasteiger partial charge < -0.3 is 5.11 Å². The van der Waals surface area contributed by atoms with Crippen molar-refractivity contribution in [2.24, 2.45) is 5.92 Å². The van der Waals surface area contributed by atoms with Gasteiger partial charge in [0, 0.05) is 12.1 Å². The first-order chi connectivity index (χ1) is 7.86. The molecule has 0 aromatic heterocycles. The average molecular weight is 222 g/mol. The molecule has 3 nitrogen and oxygen atoms in total. The first-order valence-electron chi connectivity index (χ1n) is 6.63. The highest BCUT2D eigenvalue weighted by molar-refractivity contribution is 4.97. The van der Waals surface area contributed by atoms with Crippen molar-refractivity contribution >= 4 is 0 Å². The summed E-state index contributed by atoms with van der Waals surface area (Å²) in [6, 6.07) is 3.22. The fourth-order valence-electron chi connectivity index (χ4n) is 3.33. The minimum absolute atomic E-state index is 0.189. The molecule has 2 aliphatic rings. The van der Waals surface area contributed by atoms with Gasteiger partial charge in [-0.05, 0) is 32.2 Å². The Morgan fingerprint density at radius 3 is 2.69 bits per heavy atom. The Balaban J connectivity index is 2.06. The maximum absolute atomic E-state index is 9.37. The third-order valence-electron chi connectivity index (χ3n) is 4.20. The summed E-state index contributed by atoms with van der Waals surface area (Å²) in [7, 11) is 0. The molecule has 3 atom stereocenters. The Morgan fingerprint density at radius 1 is 1.12 bits per heavy atom. The van der Waals surface area contributed by atoms with E-state index >= 15 is 0 Å². The van der Waals surface area contributed by atoms with Crippen LogP contribution in [0, 0.1) is 17.2 Å². The van der Waals surface area contributed by atoms with Crippen LogP contribution in [-0.2, 0) is 0 Å². The lowest BCUT2D eigenvalue weighted by atomic mass is 9.94. The Labute approximate surface area is 98.1 Å². The van der Waals surface area contributed by atoms with Crippen molar-refractivity contribution in [1.29, 1.82) is 5.26 Å². The lowest BCUT2D eigenvalue weighted by Crippen LogP contribution is -2.44. The van der Waals surface area contributed by atoms with Crippen molar-refractivity contribution < 1.29 is 5.11 Å². The summed E-state index contributed by atoms with van der Waals surface area (Å²) in [6.07, 6.45) is 8.20. The molecule has 0 aromatic rings. The van der Waals surface area contributed by atoms with E-state index in [9.17, 15) is 10.4 Å². The van der Waals surface area contributed by atoms with E-state index in [1.807, 2.05) is 0 Å². The van der Waals surface area contributed by atoms with Gasteiger partial charge in [-0.15, -0.1) is 0 Å². The first kappa shape index (κ1) is 11.9. The highest BCUT2D eigenvalue weighted by atomic mass is 16.3. The van der Waals surface area contributed by atoms with Gasteiger partial charge >= 0.3 is 0 Å². The fourth-order valence-corrected chi connectivity index (χ4v) is 3.33. The standard InChI is InChI=1S/C13H22N2O/c14-9-11-5-2-1-3-7-13(11)15-8-4-6-12(15)10-16/h11-13,16H,1-8,10H2. The fraction of sp³-hybridized carbons (Fsp3) is 0.923. The molecule has 0 radical (unpaired) electrons. The molecule has 0 spiro atoms. The maximum atomic E-state index is 9.37. The SMILES string of the molecule is N#CC1CCCCCC1N1CCCC1CO. The molecule has 90 valence electrons. The Hall–Kier alpha value is -0.590. The van der Waals surface area contributed by atoms with E-state index in [4.69, 9.17) is 0 Å². The zero-order valence-electron chi connectivity index (χ0n) is 9.94. The van der Waals surface area contributed by atoms with Crippen LogP contribution in [0.3, 0.4) is 0 Å². The van der Waals surface area contributed by atoms with Gasteiger partial charge in [-0.2, -0.15) is 5.26 Å². The highest BCUT2D eigenvalue weighted by Gasteiger charge is 2.35. The number of nitrogens with zero attached hydrogens (tertiary/aromatic N) is 2. The molecule has 1 aliphatic carbocycles. The normalized spacial score (nSPS) is 36.9. The van der Waals surface area contributed by atoms with Gasteiger partial charge in [0.05, 0.1) is 18.6 Å². The summed E-state index contributed by atoms with van der Waals surface area (Å²) in [5.74, 6) is 0.189. The van der Waals surface area contributed by atoms with E-state index in [-0.39, 0.29) is 12.5 Å². The summed E-state index contributed by atoms with van der Waals surface area (Å²) in [5.41, 5.74) is 0. The molecule has 1 saturated heterocycles. The second-order valence-electron chi connectivity index (χ2n) is 5.16. The van der Waals surface area contributed by atoms with E-state index in [1.165, 1.54) is 25.7 Å². The number of likely N-dealkylation sites (tertiary alicyclic amines) is 1. The zero-order valence-corrected chi connectivity index (χ0v) is 9.94. The zero-order chi connectivity index (χ0) is 11.4. The molecule has 3 unspecified atom stereocenters. The summed E-state index contributed by atoms with van der Waals surface area (Å²) in [4.78, 5) is 2.42. The van der Waals surface area contributed by atoms with Crippen molar-refractivity contribution in [2.75, 3.05) is 13.2 Å². The van der Waals surface area contributed by atoms with Crippen molar-refractivity contribution in [3.05, 3.63) is 0 Å². The van der Waals surface area contributed by atoms with Crippen molar-refractivity contribution in [3.63, 3.8) is 0 Å². The molecule has 2 fully saturated rings. The van der Waals surface area contributed by atoms with E-state index in [1.54, 1.807) is 0 Å². The topological polar surface area (TPSA) is 47.3 Å². The van der Waals surface area contributed by atoms with E-state index in [2.05, 4.69) is 11.0 Å². The van der Waals surface area contributed by atoms with Gasteiger partial charge in [0.25, 0.3) is 0 Å². The quantitative estimate of drug-likeness (QED) is 0.726. The minimum Gasteiger partial charge on any atom is -0.395 e. The number of hydrogen-bond donors (Lipinski definition) is 1. The first-order valence-corrected chi connectivity index (χ1v) is 6.63. The minimum atomic E-state index is 0.189. The maximum Gasteiger partial charge on any atom is 0.0672 e. The monoisotopic (exact) mass is 222 g/mol. The van der Waals surface area contributed by atoms with E-state index < -0.39 is 0 Å². The molecule has 1 N–H and O–H groups in total. The van der Waals surface area contributed by atoms with Crippen LogP contribution in [-0.4, -0.2) is 35.2 Å². The molecule has 1 saturated carbocycles. The van der Waals surface area contributed by atoms with Crippen LogP contribution in [0.2, 0.25) is 0 Å². The lowest BCUT2D eigenvalue weighted by Gasteiger charge is -2.34. The Morgan fingerprint density at radius 2 is 1.94 bits per heavy atom. The highest BCUT2D eigenvalue weighted by Crippen LogP contribution is 2.31. The molecular formula is C13H22N2O. The molecule has 0 bridgehead atoms. The molecule has 1 heterocycles. The predicted molar refractivity (Wildman–Crippen MR) is 62.8 cm³/mol. The van der Waals surface area contributed by atoms with Crippen molar-refractivity contribution in [3.8, 4) is 6.07 Å². The van der Waals surface area contributed by atoms with Gasteiger partial charge in [0.15, 0.2) is 0 Å². The summed E-state index contributed by atoms with van der Waals surface area (Å²) in [5, 5.41) is 18.6. The molecule has 2 rings (SSSR count). The average Bonchev–Trinajstić information content (AvgIpc) is 2.66. The van der Waals surface area contributed by atoms with Gasteiger partial charge in [-0.1, -0.05) is 19.3 Å². The number of rotatable bonds is 2. The van der Waals surface area contributed by atoms with Crippen LogP contribution in [0.4, 0.5) is 0 Å². The lowest BCUT2D eigenvalue weighted by molar-refractivity contribution is 0.0953. The van der Waals surface area contributed by atoms with Crippen molar-refractivity contribution in [1.82, 2.24) is 4.90 Å². The molecule has 1 aliphatic heterocycles. The summed E-state index contributed by atoms with van der Waals surface area (Å²) in [6.45, 7) is 1.34. The van der Waals surface area contributed by atoms with Crippen LogP contribution in [0.25, 0.3) is 0 Å². The van der Waals surface area contributed by atoms with Gasteiger partial charge in [-0.25, -0.2) is 0 Å². The molecule has 0 aromatic carbocycles. The van der Waals surface area contributed by atoms with E-state index in [0.717, 1.165) is 25.8 Å². The largest absolute Gasteiger partial charge is 0.395 e. The Bertz CT molecular complexity index is 261. The Kier molecular flexibility index (Phi) is 4.20. The number of aliphatic hydroxyl groups excluding tert-OH is 1. The van der Waals surface area contributed by atoms with Crippen molar-refractivity contribution in [2.45, 2.75) is 57.0 Å². The van der Waals surface area contributed by atoms with Gasteiger partial charge in [0.2, 0.25) is 0 Å². The van der Waals surface area contributed by atoms with Crippen LogP contribution in [0.15, 0.2) is 0 Å². The third-order valence-corrected chi connectivity index (χ3v) is 4.20.